The molecule has 0 saturated heterocycles. The Labute approximate surface area is 148 Å². The first-order valence-electron chi connectivity index (χ1n) is 5.47. The summed E-state index contributed by atoms with van der Waals surface area (Å²) in [6.45, 7) is 0. The van der Waals surface area contributed by atoms with Crippen molar-refractivity contribution in [3.8, 4) is 0 Å². The van der Waals surface area contributed by atoms with E-state index in [0.717, 1.165) is 17.9 Å². The van der Waals surface area contributed by atoms with Gasteiger partial charge in [0.1, 0.15) is 0 Å². The van der Waals surface area contributed by atoms with Gasteiger partial charge in [0.05, 0.1) is 0 Å². The van der Waals surface area contributed by atoms with Crippen LogP contribution in [0.2, 0.25) is 0 Å². The van der Waals surface area contributed by atoms with Crippen LogP contribution in [0.3, 0.4) is 0 Å². The molecule has 2 aromatic carbocycles. The van der Waals surface area contributed by atoms with Crippen LogP contribution in [0, 0.1) is 0 Å². The van der Waals surface area contributed by atoms with Crippen molar-refractivity contribution in [1.82, 2.24) is 0 Å². The molecule has 0 unspecified atom stereocenters. The van der Waals surface area contributed by atoms with Crippen molar-refractivity contribution in [2.24, 2.45) is 0 Å². The Morgan fingerprint density at radius 1 is 0.500 bits per heavy atom. The van der Waals surface area contributed by atoms with Gasteiger partial charge in [0.2, 0.25) is 0 Å². The number of hydrogen-bond acceptors (Lipinski definition) is 2. The zero-order valence-electron chi connectivity index (χ0n) is 9.64. The van der Waals surface area contributed by atoms with E-state index in [9.17, 15) is 9.59 Å². The molecular formula is C14H4Br4O2. The summed E-state index contributed by atoms with van der Waals surface area (Å²) in [5.41, 5.74) is 1.69. The number of fused-ring (bicyclic) bond motifs is 2. The van der Waals surface area contributed by atoms with Crippen LogP contribution in [0.15, 0.2) is 42.2 Å². The molecule has 0 heterocycles. The number of benzene rings is 2. The van der Waals surface area contributed by atoms with Gasteiger partial charge >= 0.3 is 0 Å². The van der Waals surface area contributed by atoms with Gasteiger partial charge in [-0.2, -0.15) is 0 Å². The maximum atomic E-state index is 12.6. The second-order valence-corrected chi connectivity index (χ2v) is 7.70. The molecule has 0 amide bonds. The third-order valence-electron chi connectivity index (χ3n) is 3.10. The van der Waals surface area contributed by atoms with Crippen molar-refractivity contribution >= 4 is 75.3 Å². The topological polar surface area (TPSA) is 34.1 Å². The van der Waals surface area contributed by atoms with Crippen molar-refractivity contribution in [3.05, 3.63) is 64.4 Å². The van der Waals surface area contributed by atoms with Crippen LogP contribution in [0.4, 0.5) is 0 Å². The molecule has 100 valence electrons. The van der Waals surface area contributed by atoms with Gasteiger partial charge < -0.3 is 0 Å². The number of hydrogen-bond donors (Lipinski definition) is 0. The Kier molecular flexibility index (Phi) is 3.77. The van der Waals surface area contributed by atoms with Crippen molar-refractivity contribution in [3.63, 3.8) is 0 Å². The number of halogens is 4. The fourth-order valence-electron chi connectivity index (χ4n) is 2.14. The highest BCUT2D eigenvalue weighted by Gasteiger charge is 2.31. The van der Waals surface area contributed by atoms with Gasteiger partial charge in [0, 0.05) is 40.1 Å². The van der Waals surface area contributed by atoms with Gasteiger partial charge in [-0.15, -0.1) is 0 Å². The standard InChI is InChI=1S/C14H4Br4O2/c15-9-1-5-6(2-10(9)16)14(20)8-4-12(18)11(17)3-7(8)13(5)19/h1-4H. The fraction of sp³-hybridized carbons (Fsp3) is 0. The molecule has 0 radical (unpaired) electrons. The third kappa shape index (κ3) is 2.17. The smallest absolute Gasteiger partial charge is 0.194 e. The quantitative estimate of drug-likeness (QED) is 0.389. The minimum atomic E-state index is -0.143. The summed E-state index contributed by atoms with van der Waals surface area (Å²) in [6.07, 6.45) is 0. The number of ketones is 2. The summed E-state index contributed by atoms with van der Waals surface area (Å²) in [7, 11) is 0. The van der Waals surface area contributed by atoms with Gasteiger partial charge in [0.15, 0.2) is 11.6 Å². The highest BCUT2D eigenvalue weighted by molar-refractivity contribution is 9.13. The largest absolute Gasteiger partial charge is 0.289 e. The normalized spacial score (nSPS) is 13.2. The Morgan fingerprint density at radius 2 is 0.700 bits per heavy atom. The van der Waals surface area contributed by atoms with Crippen LogP contribution < -0.4 is 0 Å². The van der Waals surface area contributed by atoms with E-state index in [1.165, 1.54) is 0 Å². The van der Waals surface area contributed by atoms with Gasteiger partial charge in [-0.3, -0.25) is 9.59 Å². The van der Waals surface area contributed by atoms with Gasteiger partial charge in [-0.1, -0.05) is 0 Å². The van der Waals surface area contributed by atoms with Crippen LogP contribution in [-0.2, 0) is 0 Å². The van der Waals surface area contributed by atoms with Crippen LogP contribution in [0.25, 0.3) is 0 Å². The Hall–Kier alpha value is -0.300. The number of rotatable bonds is 0. The lowest BCUT2D eigenvalue weighted by molar-refractivity contribution is 0.0979. The Bertz CT molecular complexity index is 667. The summed E-state index contributed by atoms with van der Waals surface area (Å²) in [6, 6.07) is 6.72. The Morgan fingerprint density at radius 3 is 0.900 bits per heavy atom. The molecule has 1 aliphatic rings. The monoisotopic (exact) mass is 520 g/mol. The van der Waals surface area contributed by atoms with Crippen molar-refractivity contribution in [2.75, 3.05) is 0 Å². The molecule has 0 spiro atoms. The lowest BCUT2D eigenvalue weighted by Gasteiger charge is -2.19. The van der Waals surface area contributed by atoms with Crippen molar-refractivity contribution < 1.29 is 9.59 Å². The Balaban J connectivity index is 2.33. The molecule has 0 bridgehead atoms. The van der Waals surface area contributed by atoms with Crippen molar-refractivity contribution in [2.45, 2.75) is 0 Å². The SMILES string of the molecule is O=C1c2cc(Br)c(Br)cc2C(=O)c2cc(Br)c(Br)cc21. The predicted molar refractivity (Wildman–Crippen MR) is 90.5 cm³/mol. The maximum Gasteiger partial charge on any atom is 0.194 e. The van der Waals surface area contributed by atoms with E-state index in [1.54, 1.807) is 24.3 Å². The summed E-state index contributed by atoms with van der Waals surface area (Å²) in [5, 5.41) is 0. The molecule has 1 aliphatic carbocycles. The van der Waals surface area contributed by atoms with E-state index in [0.29, 0.717) is 22.3 Å². The molecule has 6 heteroatoms. The van der Waals surface area contributed by atoms with Crippen molar-refractivity contribution in [1.29, 1.82) is 0 Å². The third-order valence-corrected chi connectivity index (χ3v) is 6.79. The van der Waals surface area contributed by atoms with E-state index >= 15 is 0 Å². The van der Waals surface area contributed by atoms with Crippen LogP contribution in [0.1, 0.15) is 31.8 Å². The molecule has 3 rings (SSSR count). The number of carbonyl (C=O) groups is 2. The average Bonchev–Trinajstić information content (AvgIpc) is 2.41. The van der Waals surface area contributed by atoms with Crippen LogP contribution in [-0.4, -0.2) is 11.6 Å². The summed E-state index contributed by atoms with van der Waals surface area (Å²) >= 11 is 13.4. The lowest BCUT2D eigenvalue weighted by Crippen LogP contribution is -2.21. The van der Waals surface area contributed by atoms with E-state index in [2.05, 4.69) is 63.7 Å². The minimum Gasteiger partial charge on any atom is -0.289 e. The molecule has 0 N–H and O–H groups in total. The molecule has 2 nitrogen and oxygen atoms in total. The second-order valence-electron chi connectivity index (χ2n) is 4.28. The molecule has 0 aliphatic heterocycles. The first-order valence-corrected chi connectivity index (χ1v) is 8.65. The maximum absolute atomic E-state index is 12.6. The summed E-state index contributed by atoms with van der Waals surface area (Å²) < 4.78 is 2.99. The molecule has 0 saturated carbocycles. The van der Waals surface area contributed by atoms with Crippen LogP contribution >= 0.6 is 63.7 Å². The zero-order valence-corrected chi connectivity index (χ0v) is 16.0. The van der Waals surface area contributed by atoms with Gasteiger partial charge in [-0.05, 0) is 88.0 Å². The average molecular weight is 524 g/mol. The highest BCUT2D eigenvalue weighted by Crippen LogP contribution is 2.36. The molecule has 20 heavy (non-hydrogen) atoms. The van der Waals surface area contributed by atoms with Gasteiger partial charge in [0.25, 0.3) is 0 Å². The first kappa shape index (κ1) is 14.6. The molecule has 0 aromatic heterocycles. The summed E-state index contributed by atoms with van der Waals surface area (Å²) in [5.74, 6) is -0.285. The molecule has 2 aromatic rings. The molecular weight excluding hydrogens is 520 g/mol. The van der Waals surface area contributed by atoms with Gasteiger partial charge in [-0.25, -0.2) is 0 Å². The minimum absolute atomic E-state index is 0.143. The lowest BCUT2D eigenvalue weighted by atomic mass is 9.84. The van der Waals surface area contributed by atoms with Crippen LogP contribution in [0.5, 0.6) is 0 Å². The summed E-state index contributed by atoms with van der Waals surface area (Å²) in [4.78, 5) is 25.1. The first-order chi connectivity index (χ1) is 9.40. The van der Waals surface area contributed by atoms with E-state index in [1.807, 2.05) is 0 Å². The molecule has 0 atom stereocenters. The molecule has 0 fully saturated rings. The predicted octanol–water partition coefficient (Wildman–Crippen LogP) is 5.51. The van der Waals surface area contributed by atoms with E-state index in [4.69, 9.17) is 0 Å². The number of carbonyl (C=O) groups excluding carboxylic acids is 2. The van der Waals surface area contributed by atoms with E-state index in [-0.39, 0.29) is 11.6 Å². The second kappa shape index (κ2) is 5.16. The van der Waals surface area contributed by atoms with E-state index < -0.39 is 0 Å². The highest BCUT2D eigenvalue weighted by atomic mass is 79.9. The zero-order chi connectivity index (χ0) is 14.6. The fourth-order valence-corrected chi connectivity index (χ4v) is 3.51.